The second-order valence-corrected chi connectivity index (χ2v) is 8.47. The number of thioether (sulfide) groups is 2. The molecule has 1 amide bonds. The third-order valence-corrected chi connectivity index (χ3v) is 6.13. The van der Waals surface area contributed by atoms with Crippen LogP contribution in [0.4, 0.5) is 0 Å². The Morgan fingerprint density at radius 2 is 1.76 bits per heavy atom. The van der Waals surface area contributed by atoms with Gasteiger partial charge in [0.1, 0.15) is 4.58 Å². The second kappa shape index (κ2) is 11.4. The number of hydrogen-bond donors (Lipinski definition) is 0. The number of ether oxygens (including phenoxy) is 2. The van der Waals surface area contributed by atoms with Gasteiger partial charge in [-0.3, -0.25) is 4.79 Å². The average molecular weight is 384 g/mol. The number of carbonyl (C=O) groups excluding carboxylic acids is 1. The van der Waals surface area contributed by atoms with Gasteiger partial charge in [-0.05, 0) is 42.5 Å². The number of carbonyl (C=O) groups is 1. The normalized spacial score (nSPS) is 10.6. The van der Waals surface area contributed by atoms with Crippen molar-refractivity contribution >= 4 is 29.4 Å². The summed E-state index contributed by atoms with van der Waals surface area (Å²) in [5, 5.41) is 0. The van der Waals surface area contributed by atoms with E-state index in [-0.39, 0.29) is 10.5 Å². The summed E-state index contributed by atoms with van der Waals surface area (Å²) in [7, 11) is 3.25. The van der Waals surface area contributed by atoms with Gasteiger partial charge in [-0.2, -0.15) is 0 Å². The summed E-state index contributed by atoms with van der Waals surface area (Å²) in [4.78, 5) is 14.7. The Labute approximate surface area is 160 Å². The lowest BCUT2D eigenvalue weighted by Gasteiger charge is -2.27. The Kier molecular flexibility index (Phi) is 9.90. The van der Waals surface area contributed by atoms with Crippen molar-refractivity contribution in [1.29, 1.82) is 0 Å². The molecule has 0 aromatic heterocycles. The highest BCUT2D eigenvalue weighted by Gasteiger charge is 2.24. The molecule has 0 fully saturated rings. The van der Waals surface area contributed by atoms with Gasteiger partial charge in [-0.25, -0.2) is 0 Å². The Hall–Kier alpha value is -1.27. The highest BCUT2D eigenvalue weighted by atomic mass is 32.2. The van der Waals surface area contributed by atoms with Crippen LogP contribution in [-0.2, 0) is 11.2 Å². The summed E-state index contributed by atoms with van der Waals surface area (Å²) in [5.74, 6) is 3.38. The number of benzene rings is 1. The molecule has 0 heterocycles. The van der Waals surface area contributed by atoms with E-state index >= 15 is 0 Å². The first-order chi connectivity index (χ1) is 12.0. The van der Waals surface area contributed by atoms with Gasteiger partial charge in [0.15, 0.2) is 11.5 Å². The highest BCUT2D eigenvalue weighted by molar-refractivity contribution is 8.18. The molecule has 0 radical (unpaired) electrons. The molecule has 25 heavy (non-hydrogen) atoms. The Bertz CT molecular complexity index is 572. The molecule has 0 atom stereocenters. The summed E-state index contributed by atoms with van der Waals surface area (Å²) >= 11 is 3.36. The number of methoxy groups -OCH3 is 2. The van der Waals surface area contributed by atoms with Gasteiger partial charge in [-0.1, -0.05) is 26.5 Å². The van der Waals surface area contributed by atoms with E-state index in [9.17, 15) is 4.79 Å². The summed E-state index contributed by atoms with van der Waals surface area (Å²) in [6.45, 7) is 10.6. The molecule has 0 aliphatic heterocycles. The lowest BCUT2D eigenvalue weighted by atomic mass is 10.1. The van der Waals surface area contributed by atoms with Crippen LogP contribution >= 0.6 is 23.5 Å². The fourth-order valence-electron chi connectivity index (χ4n) is 2.39. The predicted octanol–water partition coefficient (Wildman–Crippen LogP) is 4.44. The minimum atomic E-state index is -0.0721. The molecule has 0 spiro atoms. The van der Waals surface area contributed by atoms with Gasteiger partial charge in [0, 0.05) is 12.2 Å². The van der Waals surface area contributed by atoms with E-state index in [0.717, 1.165) is 29.2 Å². The van der Waals surface area contributed by atoms with Crippen LogP contribution in [0.25, 0.3) is 0 Å². The topological polar surface area (TPSA) is 38.8 Å². The zero-order chi connectivity index (χ0) is 18.8. The summed E-state index contributed by atoms with van der Waals surface area (Å²) in [6.07, 6.45) is 0.735. The monoisotopic (exact) mass is 383 g/mol. The van der Waals surface area contributed by atoms with Crippen LogP contribution < -0.4 is 9.47 Å². The molecule has 0 saturated carbocycles. The number of amides is 1. The summed E-state index contributed by atoms with van der Waals surface area (Å²) in [6, 6.07) is 5.85. The summed E-state index contributed by atoms with van der Waals surface area (Å²) < 4.78 is 10.5. The minimum absolute atomic E-state index is 0.0721. The SMILES string of the molecule is C=C(C)N(CCc1ccc(OC)c(OC)c1)C(=O)C(SCC)SCC. The molecule has 0 unspecified atom stereocenters. The van der Waals surface area contributed by atoms with Crippen molar-refractivity contribution in [2.75, 3.05) is 32.3 Å². The van der Waals surface area contributed by atoms with Crippen molar-refractivity contribution in [3.05, 3.63) is 36.0 Å². The lowest BCUT2D eigenvalue weighted by molar-refractivity contribution is -0.127. The van der Waals surface area contributed by atoms with E-state index in [1.54, 1.807) is 42.6 Å². The molecule has 0 saturated heterocycles. The van der Waals surface area contributed by atoms with Crippen LogP contribution in [0, 0.1) is 0 Å². The molecule has 6 heteroatoms. The number of hydrogen-bond acceptors (Lipinski definition) is 5. The van der Waals surface area contributed by atoms with E-state index in [2.05, 4.69) is 20.4 Å². The van der Waals surface area contributed by atoms with Crippen LogP contribution in [0.1, 0.15) is 26.3 Å². The van der Waals surface area contributed by atoms with Gasteiger partial charge in [-0.15, -0.1) is 23.5 Å². The molecule has 1 aromatic carbocycles. The van der Waals surface area contributed by atoms with Crippen LogP contribution in [0.2, 0.25) is 0 Å². The first kappa shape index (κ1) is 21.8. The van der Waals surface area contributed by atoms with Gasteiger partial charge in [0.2, 0.25) is 5.91 Å². The van der Waals surface area contributed by atoms with Crippen LogP contribution in [0.5, 0.6) is 11.5 Å². The smallest absolute Gasteiger partial charge is 0.249 e. The fourth-order valence-corrected chi connectivity index (χ4v) is 4.73. The van der Waals surface area contributed by atoms with E-state index in [1.165, 1.54) is 0 Å². The van der Waals surface area contributed by atoms with E-state index in [0.29, 0.717) is 18.0 Å². The molecular formula is C19H29NO3S2. The first-order valence-electron chi connectivity index (χ1n) is 8.39. The standard InChI is InChI=1S/C19H29NO3S2/c1-7-24-19(25-8-2)18(21)20(14(3)4)12-11-15-9-10-16(22-5)17(13-15)23-6/h9-10,13,19H,3,7-8,11-12H2,1-2,4-6H3. The van der Waals surface area contributed by atoms with Crippen LogP contribution in [0.15, 0.2) is 30.5 Å². The highest BCUT2D eigenvalue weighted by Crippen LogP contribution is 2.29. The molecule has 1 rings (SSSR count). The van der Waals surface area contributed by atoms with Crippen molar-refractivity contribution in [2.45, 2.75) is 31.8 Å². The van der Waals surface area contributed by atoms with Crippen molar-refractivity contribution in [1.82, 2.24) is 4.90 Å². The predicted molar refractivity (Wildman–Crippen MR) is 110 cm³/mol. The van der Waals surface area contributed by atoms with E-state index < -0.39 is 0 Å². The molecule has 0 bridgehead atoms. The molecule has 0 N–H and O–H groups in total. The van der Waals surface area contributed by atoms with Gasteiger partial charge >= 0.3 is 0 Å². The van der Waals surface area contributed by atoms with Crippen molar-refractivity contribution in [2.24, 2.45) is 0 Å². The third kappa shape index (κ3) is 6.51. The maximum Gasteiger partial charge on any atom is 0.249 e. The molecular weight excluding hydrogens is 354 g/mol. The minimum Gasteiger partial charge on any atom is -0.493 e. The second-order valence-electron chi connectivity index (χ2n) is 5.41. The van der Waals surface area contributed by atoms with Crippen LogP contribution in [0.3, 0.4) is 0 Å². The first-order valence-corrected chi connectivity index (χ1v) is 10.5. The lowest BCUT2D eigenvalue weighted by Crippen LogP contribution is -2.36. The zero-order valence-corrected chi connectivity index (χ0v) is 17.5. The van der Waals surface area contributed by atoms with Crippen molar-refractivity contribution in [3.8, 4) is 11.5 Å². The largest absolute Gasteiger partial charge is 0.493 e. The van der Waals surface area contributed by atoms with Crippen molar-refractivity contribution in [3.63, 3.8) is 0 Å². The fraction of sp³-hybridized carbons (Fsp3) is 0.526. The third-order valence-electron chi connectivity index (χ3n) is 3.64. The quantitative estimate of drug-likeness (QED) is 0.528. The molecule has 4 nitrogen and oxygen atoms in total. The van der Waals surface area contributed by atoms with Crippen LogP contribution in [-0.4, -0.2) is 47.7 Å². The molecule has 1 aromatic rings. The Balaban J connectivity index is 2.85. The van der Waals surface area contributed by atoms with E-state index in [1.807, 2.05) is 25.1 Å². The van der Waals surface area contributed by atoms with E-state index in [4.69, 9.17) is 9.47 Å². The number of rotatable bonds is 11. The maximum absolute atomic E-state index is 12.9. The van der Waals surface area contributed by atoms with Gasteiger partial charge in [0.25, 0.3) is 0 Å². The number of allylic oxidation sites excluding steroid dienone is 1. The number of nitrogens with zero attached hydrogens (tertiary/aromatic N) is 1. The molecule has 140 valence electrons. The van der Waals surface area contributed by atoms with Gasteiger partial charge < -0.3 is 14.4 Å². The van der Waals surface area contributed by atoms with Gasteiger partial charge in [0.05, 0.1) is 14.2 Å². The zero-order valence-electron chi connectivity index (χ0n) is 15.8. The Morgan fingerprint density at radius 3 is 2.24 bits per heavy atom. The maximum atomic E-state index is 12.9. The molecule has 0 aliphatic rings. The summed E-state index contributed by atoms with van der Waals surface area (Å²) in [5.41, 5.74) is 1.88. The van der Waals surface area contributed by atoms with Crippen molar-refractivity contribution < 1.29 is 14.3 Å². The molecule has 0 aliphatic carbocycles. The average Bonchev–Trinajstić information content (AvgIpc) is 2.60. The Morgan fingerprint density at radius 1 is 1.16 bits per heavy atom.